The molecule has 4 rings (SSSR count). The SMILES string of the molecule is Cc1n[nH]c(C)c1CCC(=O)NCCc1cc2nc(-c3ccncc3)ccn2n1. The predicted octanol–water partition coefficient (Wildman–Crippen LogP) is 2.42. The topological polar surface area (TPSA) is 101 Å². The fraction of sp³-hybridized carbons (Fsp3) is 0.286. The van der Waals surface area contributed by atoms with Crippen LogP contribution in [-0.2, 0) is 17.6 Å². The molecule has 0 bridgehead atoms. The highest BCUT2D eigenvalue weighted by Crippen LogP contribution is 2.17. The summed E-state index contributed by atoms with van der Waals surface area (Å²) in [5, 5.41) is 14.6. The lowest BCUT2D eigenvalue weighted by Crippen LogP contribution is -2.26. The van der Waals surface area contributed by atoms with E-state index in [4.69, 9.17) is 0 Å². The lowest BCUT2D eigenvalue weighted by molar-refractivity contribution is -0.121. The van der Waals surface area contributed by atoms with Gasteiger partial charge in [-0.05, 0) is 44.0 Å². The van der Waals surface area contributed by atoms with E-state index in [1.165, 1.54) is 0 Å². The van der Waals surface area contributed by atoms with Gasteiger partial charge in [0, 0.05) is 55.3 Å². The number of fused-ring (bicyclic) bond motifs is 1. The highest BCUT2D eigenvalue weighted by atomic mass is 16.1. The Morgan fingerprint density at radius 2 is 2.00 bits per heavy atom. The van der Waals surface area contributed by atoms with E-state index >= 15 is 0 Å². The quantitative estimate of drug-likeness (QED) is 0.506. The number of nitrogens with one attached hydrogen (secondary N) is 2. The first-order valence-corrected chi connectivity index (χ1v) is 9.63. The maximum atomic E-state index is 12.1. The number of hydrogen-bond acceptors (Lipinski definition) is 5. The standard InChI is InChI=1S/C21H23N7O/c1-14-18(15(2)26-25-14)3-4-21(29)23-11-7-17-13-20-24-19(8-12-28(20)27-17)16-5-9-22-10-6-16/h5-6,8-10,12-13H,3-4,7,11H2,1-2H3,(H,23,29)(H,25,26). The zero-order valence-electron chi connectivity index (χ0n) is 16.5. The molecule has 0 radical (unpaired) electrons. The second kappa shape index (κ2) is 8.22. The van der Waals surface area contributed by atoms with E-state index in [0.29, 0.717) is 25.8 Å². The molecule has 148 valence electrons. The Balaban J connectivity index is 1.32. The highest BCUT2D eigenvalue weighted by Gasteiger charge is 2.10. The van der Waals surface area contributed by atoms with Crippen molar-refractivity contribution in [2.75, 3.05) is 6.54 Å². The van der Waals surface area contributed by atoms with Crippen LogP contribution in [0.4, 0.5) is 0 Å². The molecule has 0 aliphatic rings. The fourth-order valence-corrected chi connectivity index (χ4v) is 3.33. The van der Waals surface area contributed by atoms with Crippen LogP contribution >= 0.6 is 0 Å². The molecule has 0 aliphatic carbocycles. The molecule has 4 heterocycles. The minimum absolute atomic E-state index is 0.0341. The molecule has 0 aliphatic heterocycles. The van der Waals surface area contributed by atoms with E-state index in [9.17, 15) is 4.79 Å². The third-order valence-electron chi connectivity index (χ3n) is 4.94. The smallest absolute Gasteiger partial charge is 0.220 e. The zero-order valence-corrected chi connectivity index (χ0v) is 16.5. The Hall–Kier alpha value is -3.55. The number of aromatic amines is 1. The summed E-state index contributed by atoms with van der Waals surface area (Å²) in [6.45, 7) is 4.47. The normalized spacial score (nSPS) is 11.1. The minimum Gasteiger partial charge on any atom is -0.356 e. The number of aryl methyl sites for hydroxylation is 2. The van der Waals surface area contributed by atoms with Gasteiger partial charge in [0.15, 0.2) is 5.65 Å². The Labute approximate surface area is 168 Å². The van der Waals surface area contributed by atoms with Crippen molar-refractivity contribution in [1.29, 1.82) is 0 Å². The number of hydrogen-bond donors (Lipinski definition) is 2. The van der Waals surface area contributed by atoms with Gasteiger partial charge in [0.2, 0.25) is 5.91 Å². The Morgan fingerprint density at radius 3 is 2.76 bits per heavy atom. The van der Waals surface area contributed by atoms with Gasteiger partial charge in [-0.2, -0.15) is 10.2 Å². The van der Waals surface area contributed by atoms with Crippen LogP contribution in [0.15, 0.2) is 42.9 Å². The van der Waals surface area contributed by atoms with Crippen LogP contribution < -0.4 is 5.32 Å². The molecule has 0 aromatic carbocycles. The average molecular weight is 389 g/mol. The van der Waals surface area contributed by atoms with Crippen LogP contribution in [0.2, 0.25) is 0 Å². The minimum atomic E-state index is 0.0341. The van der Waals surface area contributed by atoms with Gasteiger partial charge in [-0.25, -0.2) is 9.50 Å². The molecule has 0 atom stereocenters. The van der Waals surface area contributed by atoms with Gasteiger partial charge in [-0.15, -0.1) is 0 Å². The van der Waals surface area contributed by atoms with Crippen LogP contribution in [0.25, 0.3) is 16.9 Å². The van der Waals surface area contributed by atoms with Crippen LogP contribution in [-0.4, -0.2) is 42.2 Å². The van der Waals surface area contributed by atoms with E-state index in [1.54, 1.807) is 16.9 Å². The molecular weight excluding hydrogens is 366 g/mol. The lowest BCUT2D eigenvalue weighted by atomic mass is 10.1. The number of rotatable bonds is 7. The molecule has 2 N–H and O–H groups in total. The van der Waals surface area contributed by atoms with Crippen molar-refractivity contribution in [3.63, 3.8) is 0 Å². The molecule has 29 heavy (non-hydrogen) atoms. The summed E-state index contributed by atoms with van der Waals surface area (Å²) in [4.78, 5) is 20.8. The van der Waals surface area contributed by atoms with Crippen LogP contribution in [0.3, 0.4) is 0 Å². The number of amides is 1. The molecule has 8 nitrogen and oxygen atoms in total. The second-order valence-corrected chi connectivity index (χ2v) is 7.00. The average Bonchev–Trinajstić information content (AvgIpc) is 3.28. The number of H-pyrrole nitrogens is 1. The van der Waals surface area contributed by atoms with Gasteiger partial charge >= 0.3 is 0 Å². The van der Waals surface area contributed by atoms with Crippen molar-refractivity contribution >= 4 is 11.6 Å². The van der Waals surface area contributed by atoms with Gasteiger partial charge in [0.1, 0.15) is 0 Å². The highest BCUT2D eigenvalue weighted by molar-refractivity contribution is 5.76. The number of aromatic nitrogens is 6. The lowest BCUT2D eigenvalue weighted by Gasteiger charge is -2.04. The van der Waals surface area contributed by atoms with E-state index in [2.05, 4.69) is 30.6 Å². The number of nitrogens with zero attached hydrogens (tertiary/aromatic N) is 5. The van der Waals surface area contributed by atoms with Crippen LogP contribution in [0.5, 0.6) is 0 Å². The van der Waals surface area contributed by atoms with E-state index in [0.717, 1.165) is 39.5 Å². The van der Waals surface area contributed by atoms with E-state index < -0.39 is 0 Å². The largest absolute Gasteiger partial charge is 0.356 e. The van der Waals surface area contributed by atoms with Gasteiger partial charge in [-0.1, -0.05) is 0 Å². The number of carbonyl (C=O) groups excluding carboxylic acids is 1. The van der Waals surface area contributed by atoms with Crippen molar-refractivity contribution in [1.82, 2.24) is 35.1 Å². The van der Waals surface area contributed by atoms with E-state index in [1.807, 2.05) is 44.3 Å². The van der Waals surface area contributed by atoms with Crippen molar-refractivity contribution in [3.05, 3.63) is 65.5 Å². The summed E-state index contributed by atoms with van der Waals surface area (Å²) in [6.07, 6.45) is 7.19. The fourth-order valence-electron chi connectivity index (χ4n) is 3.33. The Kier molecular flexibility index (Phi) is 5.33. The molecular formula is C21H23N7O. The summed E-state index contributed by atoms with van der Waals surface area (Å²) in [5.74, 6) is 0.0341. The first-order valence-electron chi connectivity index (χ1n) is 9.63. The molecule has 0 saturated heterocycles. The van der Waals surface area contributed by atoms with Crippen molar-refractivity contribution in [3.8, 4) is 11.3 Å². The molecule has 4 aromatic heterocycles. The summed E-state index contributed by atoms with van der Waals surface area (Å²) in [7, 11) is 0. The molecule has 1 amide bonds. The summed E-state index contributed by atoms with van der Waals surface area (Å²) >= 11 is 0. The summed E-state index contributed by atoms with van der Waals surface area (Å²) in [6, 6.07) is 7.74. The molecule has 0 saturated carbocycles. The van der Waals surface area contributed by atoms with Crippen LogP contribution in [0, 0.1) is 13.8 Å². The maximum Gasteiger partial charge on any atom is 0.220 e. The zero-order chi connectivity index (χ0) is 20.2. The summed E-state index contributed by atoms with van der Waals surface area (Å²) in [5.41, 5.74) is 6.68. The first-order chi connectivity index (χ1) is 14.1. The van der Waals surface area contributed by atoms with Crippen molar-refractivity contribution < 1.29 is 4.79 Å². The van der Waals surface area contributed by atoms with Crippen molar-refractivity contribution in [2.45, 2.75) is 33.1 Å². The summed E-state index contributed by atoms with van der Waals surface area (Å²) < 4.78 is 1.76. The molecule has 4 aromatic rings. The number of carbonyl (C=O) groups is 1. The van der Waals surface area contributed by atoms with Gasteiger partial charge in [0.05, 0.1) is 17.1 Å². The molecule has 8 heteroatoms. The van der Waals surface area contributed by atoms with Crippen LogP contribution in [0.1, 0.15) is 29.1 Å². The van der Waals surface area contributed by atoms with E-state index in [-0.39, 0.29) is 5.91 Å². The van der Waals surface area contributed by atoms with Crippen molar-refractivity contribution in [2.24, 2.45) is 0 Å². The third-order valence-corrected chi connectivity index (χ3v) is 4.94. The first kappa shape index (κ1) is 18.8. The number of pyridine rings is 1. The molecule has 0 fully saturated rings. The monoisotopic (exact) mass is 389 g/mol. The molecule has 0 unspecified atom stereocenters. The van der Waals surface area contributed by atoms with Gasteiger partial charge in [-0.3, -0.25) is 14.9 Å². The van der Waals surface area contributed by atoms with Gasteiger partial charge in [0.25, 0.3) is 0 Å². The molecule has 0 spiro atoms. The van der Waals surface area contributed by atoms with Gasteiger partial charge < -0.3 is 5.32 Å². The third kappa shape index (κ3) is 4.31. The second-order valence-electron chi connectivity index (χ2n) is 7.00. The Bertz CT molecular complexity index is 1110. The predicted molar refractivity (Wildman–Crippen MR) is 109 cm³/mol. The Morgan fingerprint density at radius 1 is 1.17 bits per heavy atom. The maximum absolute atomic E-state index is 12.1.